The van der Waals surface area contributed by atoms with Gasteiger partial charge in [0.2, 0.25) is 5.91 Å². The van der Waals surface area contributed by atoms with Crippen LogP contribution in [0, 0.1) is 0 Å². The lowest BCUT2D eigenvalue weighted by Gasteiger charge is -2.40. The lowest BCUT2D eigenvalue weighted by atomic mass is 9.99. The Morgan fingerprint density at radius 2 is 0.800 bits per heavy atom. The van der Waals surface area contributed by atoms with Crippen molar-refractivity contribution >= 4 is 5.91 Å². The normalized spacial score (nSPS) is 19.3. The number of allylic oxidation sites excluding steroid dienone is 9. The summed E-state index contributed by atoms with van der Waals surface area (Å²) in [5.41, 5.74) is 0. The molecule has 1 amide bonds. The number of hydrogen-bond acceptors (Lipinski definition) is 8. The molecule has 9 heteroatoms. The summed E-state index contributed by atoms with van der Waals surface area (Å²) in [7, 11) is 0. The van der Waals surface area contributed by atoms with Crippen molar-refractivity contribution in [2.45, 2.75) is 339 Å². The van der Waals surface area contributed by atoms with Crippen LogP contribution in [0.3, 0.4) is 0 Å². The van der Waals surface area contributed by atoms with Crippen molar-refractivity contribution in [3.63, 3.8) is 0 Å². The molecule has 0 aromatic carbocycles. The molecule has 6 N–H and O–H groups in total. The van der Waals surface area contributed by atoms with Gasteiger partial charge in [0.15, 0.2) is 6.29 Å². The van der Waals surface area contributed by atoms with Gasteiger partial charge in [-0.3, -0.25) is 4.79 Å². The van der Waals surface area contributed by atoms with E-state index < -0.39 is 49.5 Å². The first-order valence-electron chi connectivity index (χ1n) is 32.0. The third kappa shape index (κ3) is 44.4. The number of carbonyl (C=O) groups excluding carboxylic acids is 1. The molecule has 0 spiro atoms. The number of unbranched alkanes of at least 4 members (excludes halogenated alkanes) is 37. The van der Waals surface area contributed by atoms with Crippen LogP contribution in [0.25, 0.3) is 0 Å². The van der Waals surface area contributed by atoms with Crippen molar-refractivity contribution in [1.82, 2.24) is 5.32 Å². The van der Waals surface area contributed by atoms with E-state index in [9.17, 15) is 30.3 Å². The van der Waals surface area contributed by atoms with Crippen LogP contribution in [0.1, 0.15) is 296 Å². The predicted octanol–water partition coefficient (Wildman–Crippen LogP) is 16.6. The molecule has 1 aliphatic rings. The van der Waals surface area contributed by atoms with E-state index >= 15 is 0 Å². The molecule has 0 bridgehead atoms. The van der Waals surface area contributed by atoms with Crippen molar-refractivity contribution in [2.75, 3.05) is 13.2 Å². The minimum absolute atomic E-state index is 0.194. The Balaban J connectivity index is 2.19. The number of amides is 1. The highest BCUT2D eigenvalue weighted by Crippen LogP contribution is 2.23. The van der Waals surface area contributed by atoms with E-state index in [1.807, 2.05) is 6.08 Å². The van der Waals surface area contributed by atoms with Crippen molar-refractivity contribution < 1.29 is 39.8 Å². The number of hydrogen-bond donors (Lipinski definition) is 6. The molecule has 1 aliphatic heterocycles. The van der Waals surface area contributed by atoms with Crippen LogP contribution in [0.5, 0.6) is 0 Å². The summed E-state index contributed by atoms with van der Waals surface area (Å²) < 4.78 is 11.3. The first kappa shape index (κ1) is 70.9. The van der Waals surface area contributed by atoms with Crippen LogP contribution >= 0.6 is 0 Å². The van der Waals surface area contributed by atoms with E-state index in [0.717, 1.165) is 64.2 Å². The summed E-state index contributed by atoms with van der Waals surface area (Å²) in [6, 6.07) is -0.834. The topological polar surface area (TPSA) is 149 Å². The van der Waals surface area contributed by atoms with Crippen molar-refractivity contribution in [3.8, 4) is 0 Å². The summed E-state index contributed by atoms with van der Waals surface area (Å²) in [5.74, 6) is -0.194. The number of nitrogens with one attached hydrogen (secondary N) is 1. The fourth-order valence-electron chi connectivity index (χ4n) is 9.99. The molecular weight excluding hydrogens is 935 g/mol. The fraction of sp³-hybridized carbons (Fsp3) is 0.833. The Bertz CT molecular complexity index is 1360. The van der Waals surface area contributed by atoms with Gasteiger partial charge in [-0.2, -0.15) is 0 Å². The van der Waals surface area contributed by atoms with E-state index in [1.54, 1.807) is 6.08 Å². The van der Waals surface area contributed by atoms with Gasteiger partial charge in [0.1, 0.15) is 24.4 Å². The van der Waals surface area contributed by atoms with E-state index in [-0.39, 0.29) is 12.5 Å². The van der Waals surface area contributed by atoms with Gasteiger partial charge in [-0.15, -0.1) is 0 Å². The first-order valence-corrected chi connectivity index (χ1v) is 32.0. The first-order chi connectivity index (χ1) is 36.8. The van der Waals surface area contributed by atoms with Gasteiger partial charge in [0.25, 0.3) is 0 Å². The van der Waals surface area contributed by atoms with Crippen LogP contribution in [0.2, 0.25) is 0 Å². The zero-order chi connectivity index (χ0) is 54.3. The smallest absolute Gasteiger partial charge is 0.220 e. The third-order valence-corrected chi connectivity index (χ3v) is 15.0. The maximum Gasteiger partial charge on any atom is 0.220 e. The van der Waals surface area contributed by atoms with Crippen molar-refractivity contribution in [1.29, 1.82) is 0 Å². The molecule has 7 unspecified atom stereocenters. The monoisotopic (exact) mass is 1060 g/mol. The number of rotatable bonds is 55. The van der Waals surface area contributed by atoms with Gasteiger partial charge in [0, 0.05) is 6.42 Å². The molecule has 438 valence electrons. The molecule has 0 saturated carbocycles. The summed E-state index contributed by atoms with van der Waals surface area (Å²) in [5, 5.41) is 54.6. The maximum absolute atomic E-state index is 13.1. The van der Waals surface area contributed by atoms with E-state index in [2.05, 4.69) is 67.8 Å². The molecule has 75 heavy (non-hydrogen) atoms. The maximum atomic E-state index is 13.1. The molecule has 0 aromatic rings. The molecule has 7 atom stereocenters. The second-order valence-corrected chi connectivity index (χ2v) is 22.2. The predicted molar refractivity (Wildman–Crippen MR) is 318 cm³/mol. The highest BCUT2D eigenvalue weighted by Gasteiger charge is 2.44. The second-order valence-electron chi connectivity index (χ2n) is 22.2. The minimum atomic E-state index is -1.58. The number of carbonyl (C=O) groups is 1. The van der Waals surface area contributed by atoms with Gasteiger partial charge >= 0.3 is 0 Å². The van der Waals surface area contributed by atoms with Crippen molar-refractivity contribution in [2.24, 2.45) is 0 Å². The summed E-state index contributed by atoms with van der Waals surface area (Å²) in [6.07, 6.45) is 68.9. The number of aliphatic hydroxyl groups excluding tert-OH is 5. The van der Waals surface area contributed by atoms with Gasteiger partial charge in [0.05, 0.1) is 25.4 Å². The zero-order valence-corrected chi connectivity index (χ0v) is 48.8. The van der Waals surface area contributed by atoms with Crippen LogP contribution in [-0.2, 0) is 14.3 Å². The highest BCUT2D eigenvalue weighted by atomic mass is 16.7. The van der Waals surface area contributed by atoms with Gasteiger partial charge < -0.3 is 40.3 Å². The lowest BCUT2D eigenvalue weighted by molar-refractivity contribution is -0.302. The number of ether oxygens (including phenoxy) is 2. The second kappa shape index (κ2) is 55.2. The molecule has 1 rings (SSSR count). The Labute approximate surface area is 462 Å². The molecule has 0 aromatic heterocycles. The molecule has 1 fully saturated rings. The van der Waals surface area contributed by atoms with Gasteiger partial charge in [-0.05, 0) is 77.0 Å². The molecule has 0 radical (unpaired) electrons. The Morgan fingerprint density at radius 3 is 1.23 bits per heavy atom. The summed E-state index contributed by atoms with van der Waals surface area (Å²) in [6.45, 7) is 3.76. The average Bonchev–Trinajstić information content (AvgIpc) is 3.41. The molecule has 0 aliphatic carbocycles. The highest BCUT2D eigenvalue weighted by molar-refractivity contribution is 5.76. The Morgan fingerprint density at radius 1 is 0.453 bits per heavy atom. The summed E-state index contributed by atoms with van der Waals surface area (Å²) in [4.78, 5) is 13.1. The van der Waals surface area contributed by atoms with Crippen LogP contribution in [-0.4, -0.2) is 87.5 Å². The van der Waals surface area contributed by atoms with Crippen LogP contribution in [0.4, 0.5) is 0 Å². The van der Waals surface area contributed by atoms with E-state index in [1.165, 1.54) is 212 Å². The Hall–Kier alpha value is -2.11. The third-order valence-electron chi connectivity index (χ3n) is 15.0. The standard InChI is InChI=1S/C66H121NO8/c1-3-5-7-9-11-13-15-17-19-21-23-24-25-26-27-28-29-30-31-32-33-34-35-36-38-39-41-43-45-47-49-51-53-55-60(69)59(58-74-66-65(73)64(72)63(71)61(57-68)75-66)67-62(70)56-54-52-50-48-46-44-42-40-37-22-20-18-16-14-12-10-8-6-4-2/h12,14,18,20,38-39,45,47,53,55,59-61,63-66,68-69,71-73H,3-11,13,15-17,19,21-37,40-44,46,48-52,54,56-58H2,1-2H3,(H,67,70)/b14-12-,20-18-,39-38+,47-45+,55-53+. The zero-order valence-electron chi connectivity index (χ0n) is 48.8. The Kier molecular flexibility index (Phi) is 52.2. The molecule has 1 saturated heterocycles. The number of aliphatic hydroxyl groups is 5. The fourth-order valence-corrected chi connectivity index (χ4v) is 9.99. The van der Waals surface area contributed by atoms with E-state index in [4.69, 9.17) is 9.47 Å². The average molecular weight is 1060 g/mol. The molecule has 1 heterocycles. The van der Waals surface area contributed by atoms with Crippen LogP contribution < -0.4 is 5.32 Å². The van der Waals surface area contributed by atoms with Gasteiger partial charge in [-0.25, -0.2) is 0 Å². The molecular formula is C66H121NO8. The largest absolute Gasteiger partial charge is 0.394 e. The minimum Gasteiger partial charge on any atom is -0.394 e. The van der Waals surface area contributed by atoms with Crippen molar-refractivity contribution in [3.05, 3.63) is 60.8 Å². The quantitative estimate of drug-likeness (QED) is 0.0261. The van der Waals surface area contributed by atoms with Gasteiger partial charge in [-0.1, -0.05) is 274 Å². The summed E-state index contributed by atoms with van der Waals surface area (Å²) >= 11 is 0. The molecule has 9 nitrogen and oxygen atoms in total. The van der Waals surface area contributed by atoms with Crippen LogP contribution in [0.15, 0.2) is 60.8 Å². The van der Waals surface area contributed by atoms with E-state index in [0.29, 0.717) is 6.42 Å². The SMILES string of the molecule is CCCCC/C=C\C/C=C\CCCCCCCCCCCC(=O)NC(COC1OC(CO)C(O)C(O)C1O)C(O)/C=C/CC/C=C/CC/C=C/CCCCCCCCCCCCCCCCCCCCCCCCC. The lowest BCUT2D eigenvalue weighted by Crippen LogP contribution is -2.60.